The molecule has 104 valence electrons. The third kappa shape index (κ3) is 2.80. The van der Waals surface area contributed by atoms with Crippen molar-refractivity contribution in [2.24, 2.45) is 0 Å². The number of pyridine rings is 1. The van der Waals surface area contributed by atoms with E-state index >= 15 is 0 Å². The zero-order chi connectivity index (χ0) is 14.0. The molecule has 0 spiro atoms. The molecule has 0 bridgehead atoms. The average molecular weight is 264 g/mol. The van der Waals surface area contributed by atoms with E-state index in [-0.39, 0.29) is 12.2 Å². The van der Waals surface area contributed by atoms with Gasteiger partial charge in [0.05, 0.1) is 24.6 Å². The first-order valence-electron chi connectivity index (χ1n) is 6.55. The summed E-state index contributed by atoms with van der Waals surface area (Å²) in [6, 6.07) is 1.95. The Morgan fingerprint density at radius 2 is 2.21 bits per heavy atom. The van der Waals surface area contributed by atoms with Gasteiger partial charge in [-0.2, -0.15) is 0 Å². The first-order valence-corrected chi connectivity index (χ1v) is 6.55. The zero-order valence-electron chi connectivity index (χ0n) is 11.9. The smallest absolute Gasteiger partial charge is 0.414 e. The largest absolute Gasteiger partial charge is 0.481 e. The molecule has 1 aliphatic heterocycles. The summed E-state index contributed by atoms with van der Waals surface area (Å²) < 4.78 is 10.5. The number of ether oxygens (including phenoxy) is 2. The first kappa shape index (κ1) is 13.6. The zero-order valence-corrected chi connectivity index (χ0v) is 11.9. The Morgan fingerprint density at radius 1 is 1.47 bits per heavy atom. The summed E-state index contributed by atoms with van der Waals surface area (Å²) in [6.45, 7) is 6.29. The molecule has 0 unspecified atom stereocenters. The summed E-state index contributed by atoms with van der Waals surface area (Å²) in [6.07, 6.45) is 1.32. The van der Waals surface area contributed by atoms with Gasteiger partial charge in [0.15, 0.2) is 0 Å². The van der Waals surface area contributed by atoms with Gasteiger partial charge in [-0.05, 0) is 39.7 Å². The molecule has 19 heavy (non-hydrogen) atoms. The normalized spacial score (nSPS) is 14.3. The number of rotatable bonds is 2. The van der Waals surface area contributed by atoms with Crippen LogP contribution in [0, 0.1) is 6.92 Å². The fourth-order valence-electron chi connectivity index (χ4n) is 2.22. The Labute approximate surface area is 113 Å². The number of anilines is 1. The van der Waals surface area contributed by atoms with Crippen LogP contribution in [-0.2, 0) is 11.2 Å². The molecule has 0 saturated heterocycles. The maximum atomic E-state index is 12.1. The molecule has 0 aliphatic carbocycles. The molecule has 0 aromatic carbocycles. The molecule has 1 aliphatic rings. The van der Waals surface area contributed by atoms with Gasteiger partial charge in [-0.15, -0.1) is 0 Å². The predicted octanol–water partition coefficient (Wildman–Crippen LogP) is 2.70. The fraction of sp³-hybridized carbons (Fsp3) is 0.571. The van der Waals surface area contributed by atoms with E-state index < -0.39 is 0 Å². The quantitative estimate of drug-likeness (QED) is 0.824. The second kappa shape index (κ2) is 5.47. The van der Waals surface area contributed by atoms with Crippen LogP contribution >= 0.6 is 0 Å². The van der Waals surface area contributed by atoms with Crippen LogP contribution in [0.25, 0.3) is 0 Å². The summed E-state index contributed by atoms with van der Waals surface area (Å²) in [4.78, 5) is 18.2. The summed E-state index contributed by atoms with van der Waals surface area (Å²) in [5.74, 6) is 0.623. The second-order valence-corrected chi connectivity index (χ2v) is 4.97. The van der Waals surface area contributed by atoms with E-state index in [1.165, 1.54) is 0 Å². The van der Waals surface area contributed by atoms with Crippen molar-refractivity contribution in [1.82, 2.24) is 4.98 Å². The first-order chi connectivity index (χ1) is 9.02. The Kier molecular flexibility index (Phi) is 3.93. The Morgan fingerprint density at radius 3 is 2.84 bits per heavy atom. The topological polar surface area (TPSA) is 51.7 Å². The third-order valence-electron chi connectivity index (χ3n) is 3.06. The number of amides is 1. The lowest BCUT2D eigenvalue weighted by Gasteiger charge is -2.29. The minimum atomic E-state index is -0.303. The summed E-state index contributed by atoms with van der Waals surface area (Å²) in [5.41, 5.74) is 2.66. The van der Waals surface area contributed by atoms with Gasteiger partial charge in [-0.25, -0.2) is 9.78 Å². The van der Waals surface area contributed by atoms with Crippen LogP contribution in [0.5, 0.6) is 5.88 Å². The third-order valence-corrected chi connectivity index (χ3v) is 3.06. The molecule has 2 rings (SSSR count). The molecular weight excluding hydrogens is 244 g/mol. The highest BCUT2D eigenvalue weighted by Crippen LogP contribution is 2.30. The van der Waals surface area contributed by atoms with E-state index in [1.807, 2.05) is 26.8 Å². The van der Waals surface area contributed by atoms with E-state index in [2.05, 4.69) is 4.98 Å². The monoisotopic (exact) mass is 264 g/mol. The summed E-state index contributed by atoms with van der Waals surface area (Å²) in [5, 5.41) is 0. The SMILES string of the molecule is COc1nc2c(cc1C)N(C(=O)OC(C)C)CCC2. The van der Waals surface area contributed by atoms with E-state index in [4.69, 9.17) is 9.47 Å². The van der Waals surface area contributed by atoms with Crippen LogP contribution in [0.4, 0.5) is 10.5 Å². The predicted molar refractivity (Wildman–Crippen MR) is 72.8 cm³/mol. The maximum absolute atomic E-state index is 12.1. The van der Waals surface area contributed by atoms with Crippen molar-refractivity contribution in [3.8, 4) is 5.88 Å². The minimum Gasteiger partial charge on any atom is -0.481 e. The number of aryl methyl sites for hydroxylation is 2. The van der Waals surface area contributed by atoms with Crippen molar-refractivity contribution in [1.29, 1.82) is 0 Å². The molecule has 0 N–H and O–H groups in total. The number of aromatic nitrogens is 1. The van der Waals surface area contributed by atoms with Gasteiger partial charge >= 0.3 is 6.09 Å². The molecule has 0 radical (unpaired) electrons. The Bertz CT molecular complexity index is 486. The molecule has 2 heterocycles. The van der Waals surface area contributed by atoms with Crippen molar-refractivity contribution in [2.45, 2.75) is 39.7 Å². The highest BCUT2D eigenvalue weighted by Gasteiger charge is 2.26. The summed E-state index contributed by atoms with van der Waals surface area (Å²) >= 11 is 0. The minimum absolute atomic E-state index is 0.120. The van der Waals surface area contributed by atoms with Crippen LogP contribution in [0.2, 0.25) is 0 Å². The average Bonchev–Trinajstić information content (AvgIpc) is 2.36. The molecule has 1 aromatic rings. The van der Waals surface area contributed by atoms with Gasteiger partial charge < -0.3 is 9.47 Å². The number of nitrogens with zero attached hydrogens (tertiary/aromatic N) is 2. The van der Waals surface area contributed by atoms with Gasteiger partial charge in [0.1, 0.15) is 0 Å². The molecule has 1 aromatic heterocycles. The van der Waals surface area contributed by atoms with Gasteiger partial charge in [0, 0.05) is 12.1 Å². The van der Waals surface area contributed by atoms with Gasteiger partial charge in [0.25, 0.3) is 0 Å². The van der Waals surface area contributed by atoms with Gasteiger partial charge in [0.2, 0.25) is 5.88 Å². The van der Waals surface area contributed by atoms with E-state index in [1.54, 1.807) is 12.0 Å². The maximum Gasteiger partial charge on any atom is 0.414 e. The van der Waals surface area contributed by atoms with Crippen LogP contribution < -0.4 is 9.64 Å². The van der Waals surface area contributed by atoms with E-state index in [0.717, 1.165) is 29.8 Å². The number of hydrogen-bond acceptors (Lipinski definition) is 4. The van der Waals surface area contributed by atoms with Gasteiger partial charge in [-0.3, -0.25) is 4.90 Å². The van der Waals surface area contributed by atoms with Crippen molar-refractivity contribution in [2.75, 3.05) is 18.6 Å². The van der Waals surface area contributed by atoms with Crippen LogP contribution in [-0.4, -0.2) is 30.8 Å². The Hall–Kier alpha value is -1.78. The van der Waals surface area contributed by atoms with Crippen molar-refractivity contribution >= 4 is 11.8 Å². The number of methoxy groups -OCH3 is 1. The van der Waals surface area contributed by atoms with Crippen molar-refractivity contribution in [3.63, 3.8) is 0 Å². The number of hydrogen-bond donors (Lipinski definition) is 0. The fourth-order valence-corrected chi connectivity index (χ4v) is 2.22. The number of carbonyl (C=O) groups is 1. The van der Waals surface area contributed by atoms with Crippen molar-refractivity contribution < 1.29 is 14.3 Å². The molecule has 1 amide bonds. The number of fused-ring (bicyclic) bond motifs is 1. The van der Waals surface area contributed by atoms with E-state index in [9.17, 15) is 4.79 Å². The molecule has 5 nitrogen and oxygen atoms in total. The standard InChI is InChI=1S/C14H20N2O3/c1-9(2)19-14(17)16-7-5-6-11-12(16)8-10(3)13(15-11)18-4/h8-9H,5-7H2,1-4H3. The molecule has 0 fully saturated rings. The molecule has 5 heteroatoms. The Balaban J connectivity index is 2.33. The number of carbonyl (C=O) groups excluding carboxylic acids is 1. The van der Waals surface area contributed by atoms with E-state index in [0.29, 0.717) is 12.4 Å². The van der Waals surface area contributed by atoms with Crippen LogP contribution in [0.3, 0.4) is 0 Å². The molecule has 0 saturated carbocycles. The van der Waals surface area contributed by atoms with Crippen LogP contribution in [0.15, 0.2) is 6.07 Å². The van der Waals surface area contributed by atoms with Crippen molar-refractivity contribution in [3.05, 3.63) is 17.3 Å². The lowest BCUT2D eigenvalue weighted by Crippen LogP contribution is -2.37. The second-order valence-electron chi connectivity index (χ2n) is 4.97. The molecule has 0 atom stereocenters. The van der Waals surface area contributed by atoms with Crippen LogP contribution in [0.1, 0.15) is 31.5 Å². The highest BCUT2D eigenvalue weighted by atomic mass is 16.6. The lowest BCUT2D eigenvalue weighted by atomic mass is 10.1. The lowest BCUT2D eigenvalue weighted by molar-refractivity contribution is 0.122. The molecular formula is C14H20N2O3. The van der Waals surface area contributed by atoms with Gasteiger partial charge in [-0.1, -0.05) is 0 Å². The highest BCUT2D eigenvalue weighted by molar-refractivity contribution is 5.89. The summed E-state index contributed by atoms with van der Waals surface area (Å²) in [7, 11) is 1.61.